The number of aromatic nitrogens is 2. The number of hydrogen-bond donors (Lipinski definition) is 0. The third-order valence-corrected chi connectivity index (χ3v) is 5.97. The topological polar surface area (TPSA) is 34.9 Å². The molecule has 2 aromatic rings. The summed E-state index contributed by atoms with van der Waals surface area (Å²) in [5, 5.41) is 1.26. The first-order valence-electron chi connectivity index (χ1n) is 7.62. The zero-order valence-electron chi connectivity index (χ0n) is 13.1. The van der Waals surface area contributed by atoms with Crippen LogP contribution in [-0.2, 0) is 6.42 Å². The fourth-order valence-corrected chi connectivity index (χ4v) is 4.49. The Hall–Kier alpha value is -1.20. The Morgan fingerprint density at radius 2 is 2.09 bits per heavy atom. The zero-order valence-corrected chi connectivity index (χ0v) is 14.8. The van der Waals surface area contributed by atoms with Crippen molar-refractivity contribution in [3.8, 4) is 5.69 Å². The van der Waals surface area contributed by atoms with Crippen molar-refractivity contribution in [2.75, 3.05) is 5.75 Å². The van der Waals surface area contributed by atoms with Crippen molar-refractivity contribution in [1.29, 1.82) is 0 Å². The Bertz CT molecular complexity index is 738. The number of fused-ring (bicyclic) bond motifs is 1. The fraction of sp³-hybridized carbons (Fsp3) is 0.412. The van der Waals surface area contributed by atoms with Crippen LogP contribution in [0.2, 0.25) is 0 Å². The van der Waals surface area contributed by atoms with Crippen LogP contribution in [-0.4, -0.2) is 20.6 Å². The van der Waals surface area contributed by atoms with Crippen molar-refractivity contribution in [3.05, 3.63) is 45.9 Å². The predicted octanol–water partition coefficient (Wildman–Crippen LogP) is 4.08. The molecule has 0 bridgehead atoms. The van der Waals surface area contributed by atoms with Crippen molar-refractivity contribution in [1.82, 2.24) is 9.55 Å². The molecule has 1 aliphatic rings. The molecule has 0 fully saturated rings. The molecule has 3 nitrogen and oxygen atoms in total. The quantitative estimate of drug-likeness (QED) is 0.624. The maximum atomic E-state index is 13.0. The average molecular weight is 332 g/mol. The van der Waals surface area contributed by atoms with Crippen LogP contribution in [0.3, 0.4) is 0 Å². The monoisotopic (exact) mass is 332 g/mol. The summed E-state index contributed by atoms with van der Waals surface area (Å²) in [7, 11) is 0. The molecule has 0 saturated carbocycles. The van der Waals surface area contributed by atoms with Crippen molar-refractivity contribution in [2.45, 2.75) is 48.9 Å². The van der Waals surface area contributed by atoms with Crippen LogP contribution in [0, 0.1) is 6.92 Å². The molecule has 0 aliphatic carbocycles. The third kappa shape index (κ3) is 2.97. The second kappa shape index (κ2) is 6.50. The number of hydrogen-bond acceptors (Lipinski definition) is 4. The van der Waals surface area contributed by atoms with E-state index in [1.165, 1.54) is 5.56 Å². The molecule has 1 atom stereocenters. The first-order valence-corrected chi connectivity index (χ1v) is 9.49. The lowest BCUT2D eigenvalue weighted by atomic mass is 10.2. The maximum absolute atomic E-state index is 13.0. The predicted molar refractivity (Wildman–Crippen MR) is 94.6 cm³/mol. The molecule has 22 heavy (non-hydrogen) atoms. The second-order valence-corrected chi connectivity index (χ2v) is 8.14. The summed E-state index contributed by atoms with van der Waals surface area (Å²) >= 11 is 3.33. The highest BCUT2D eigenvalue weighted by Gasteiger charge is 2.26. The van der Waals surface area contributed by atoms with Crippen LogP contribution in [0.1, 0.15) is 31.5 Å². The van der Waals surface area contributed by atoms with Crippen LogP contribution in [0.15, 0.2) is 39.1 Å². The molecule has 3 rings (SSSR count). The molecule has 5 heteroatoms. The minimum absolute atomic E-state index is 0.0850. The minimum Gasteiger partial charge on any atom is -0.268 e. The number of rotatable bonds is 4. The van der Waals surface area contributed by atoms with Gasteiger partial charge in [0.1, 0.15) is 0 Å². The van der Waals surface area contributed by atoms with Crippen molar-refractivity contribution < 1.29 is 0 Å². The lowest BCUT2D eigenvalue weighted by molar-refractivity contribution is 0.730. The van der Waals surface area contributed by atoms with Gasteiger partial charge in [-0.2, -0.15) is 0 Å². The lowest BCUT2D eigenvalue weighted by Gasteiger charge is -2.13. The molecule has 0 spiro atoms. The first kappa shape index (κ1) is 15.7. The summed E-state index contributed by atoms with van der Waals surface area (Å²) in [6, 6.07) is 8.09. The number of benzene rings is 1. The average Bonchev–Trinajstić information content (AvgIpc) is 2.87. The zero-order chi connectivity index (χ0) is 15.7. The van der Waals surface area contributed by atoms with E-state index < -0.39 is 0 Å². The van der Waals surface area contributed by atoms with E-state index in [1.807, 2.05) is 24.3 Å². The molecular formula is C17H20N2OS2. The van der Waals surface area contributed by atoms with Gasteiger partial charge in [0.05, 0.1) is 16.3 Å². The van der Waals surface area contributed by atoms with Crippen molar-refractivity contribution in [2.24, 2.45) is 0 Å². The number of thioether (sulfide) groups is 2. The van der Waals surface area contributed by atoms with Gasteiger partial charge in [0, 0.05) is 17.4 Å². The molecule has 1 unspecified atom stereocenters. The van der Waals surface area contributed by atoms with Gasteiger partial charge < -0.3 is 0 Å². The van der Waals surface area contributed by atoms with Crippen LogP contribution in [0.4, 0.5) is 0 Å². The number of nitrogens with zero attached hydrogens (tertiary/aromatic N) is 2. The van der Waals surface area contributed by atoms with E-state index >= 15 is 0 Å². The van der Waals surface area contributed by atoms with Gasteiger partial charge in [-0.25, -0.2) is 4.98 Å². The van der Waals surface area contributed by atoms with Gasteiger partial charge in [-0.15, -0.1) is 11.8 Å². The van der Waals surface area contributed by atoms with Gasteiger partial charge >= 0.3 is 0 Å². The molecule has 0 saturated heterocycles. The van der Waals surface area contributed by atoms with Crippen molar-refractivity contribution in [3.63, 3.8) is 0 Å². The molecular weight excluding hydrogens is 312 g/mol. The molecule has 2 heterocycles. The third-order valence-electron chi connectivity index (χ3n) is 3.61. The Labute approximate surface area is 139 Å². The highest BCUT2D eigenvalue weighted by atomic mass is 32.2. The van der Waals surface area contributed by atoms with Gasteiger partial charge in [0.15, 0.2) is 5.16 Å². The van der Waals surface area contributed by atoms with E-state index in [4.69, 9.17) is 4.98 Å². The summed E-state index contributed by atoms with van der Waals surface area (Å²) < 4.78 is 1.78. The normalized spacial score (nSPS) is 16.8. The highest BCUT2D eigenvalue weighted by molar-refractivity contribution is 8.00. The molecule has 0 N–H and O–H groups in total. The molecule has 1 aromatic heterocycles. The van der Waals surface area contributed by atoms with E-state index in [9.17, 15) is 4.79 Å². The first-order chi connectivity index (χ1) is 10.6. The Balaban J connectivity index is 2.16. The van der Waals surface area contributed by atoms with E-state index in [2.05, 4.69) is 20.8 Å². The molecule has 0 radical (unpaired) electrons. The van der Waals surface area contributed by atoms with E-state index in [0.29, 0.717) is 5.25 Å². The summed E-state index contributed by atoms with van der Waals surface area (Å²) in [5.41, 5.74) is 3.16. The highest BCUT2D eigenvalue weighted by Crippen LogP contribution is 2.34. The molecule has 1 aromatic carbocycles. The van der Waals surface area contributed by atoms with Crippen LogP contribution < -0.4 is 5.56 Å². The van der Waals surface area contributed by atoms with Gasteiger partial charge in [-0.3, -0.25) is 9.36 Å². The Morgan fingerprint density at radius 3 is 2.77 bits per heavy atom. The van der Waals surface area contributed by atoms with Crippen LogP contribution in [0.5, 0.6) is 0 Å². The minimum atomic E-state index is 0.0850. The number of aryl methyl sites for hydroxylation is 1. The van der Waals surface area contributed by atoms with Crippen LogP contribution >= 0.6 is 23.5 Å². The molecule has 116 valence electrons. The van der Waals surface area contributed by atoms with E-state index in [0.717, 1.165) is 40.0 Å². The smallest absolute Gasteiger partial charge is 0.268 e. The summed E-state index contributed by atoms with van der Waals surface area (Å²) in [4.78, 5) is 18.6. The largest absolute Gasteiger partial charge is 0.272 e. The summed E-state index contributed by atoms with van der Waals surface area (Å²) in [5.74, 6) is 0.972. The SMILES string of the molecule is CCCSc1nc2c(c(=O)n1-c1ccc(C)cc1)SC(C)C2. The fourth-order valence-electron chi connectivity index (χ4n) is 2.51. The van der Waals surface area contributed by atoms with Gasteiger partial charge in [0.2, 0.25) is 0 Å². The summed E-state index contributed by atoms with van der Waals surface area (Å²) in [6.07, 6.45) is 1.96. The van der Waals surface area contributed by atoms with Gasteiger partial charge in [-0.1, -0.05) is 43.3 Å². The molecule has 1 aliphatic heterocycles. The summed E-state index contributed by atoms with van der Waals surface area (Å²) in [6.45, 7) is 6.35. The van der Waals surface area contributed by atoms with Gasteiger partial charge in [-0.05, 0) is 25.5 Å². The van der Waals surface area contributed by atoms with E-state index in [1.54, 1.807) is 28.1 Å². The Morgan fingerprint density at radius 1 is 1.36 bits per heavy atom. The van der Waals surface area contributed by atoms with Gasteiger partial charge in [0.25, 0.3) is 5.56 Å². The lowest BCUT2D eigenvalue weighted by Crippen LogP contribution is -2.23. The van der Waals surface area contributed by atoms with Crippen LogP contribution in [0.25, 0.3) is 5.69 Å². The van der Waals surface area contributed by atoms with E-state index in [-0.39, 0.29) is 5.56 Å². The Kier molecular flexibility index (Phi) is 4.64. The van der Waals surface area contributed by atoms with Crippen molar-refractivity contribution >= 4 is 23.5 Å². The standard InChI is InChI=1S/C17H20N2OS2/c1-4-9-21-17-18-14-10-12(3)22-15(14)16(20)19(17)13-7-5-11(2)6-8-13/h5-8,12H,4,9-10H2,1-3H3. The second-order valence-electron chi connectivity index (χ2n) is 5.63. The maximum Gasteiger partial charge on any atom is 0.272 e. The molecule has 0 amide bonds.